The van der Waals surface area contributed by atoms with Crippen LogP contribution in [-0.4, -0.2) is 12.5 Å². The molecule has 4 heteroatoms. The predicted molar refractivity (Wildman–Crippen MR) is 121 cm³/mol. The molecule has 3 aromatic rings. The summed E-state index contributed by atoms with van der Waals surface area (Å²) >= 11 is 0. The highest BCUT2D eigenvalue weighted by Gasteiger charge is 2.07. The maximum absolute atomic E-state index is 12.5. The lowest BCUT2D eigenvalue weighted by atomic mass is 10.2. The van der Waals surface area contributed by atoms with Crippen LogP contribution in [0.1, 0.15) is 48.5 Å². The largest absolute Gasteiger partial charge is 0.494 e. The third-order valence-corrected chi connectivity index (χ3v) is 4.74. The first-order valence-corrected chi connectivity index (χ1v) is 10.6. The summed E-state index contributed by atoms with van der Waals surface area (Å²) in [7, 11) is 0. The Morgan fingerprint density at radius 1 is 0.767 bits per heavy atom. The molecule has 0 aliphatic heterocycles. The molecule has 0 spiro atoms. The maximum atomic E-state index is 12.5. The zero-order chi connectivity index (χ0) is 21.0. The van der Waals surface area contributed by atoms with Crippen LogP contribution in [0.3, 0.4) is 0 Å². The molecule has 0 radical (unpaired) electrons. The molecule has 0 saturated heterocycles. The van der Waals surface area contributed by atoms with Crippen molar-refractivity contribution >= 4 is 11.6 Å². The van der Waals surface area contributed by atoms with Crippen molar-refractivity contribution in [1.29, 1.82) is 0 Å². The Balaban J connectivity index is 1.46. The van der Waals surface area contributed by atoms with Gasteiger partial charge in [0.05, 0.1) is 6.61 Å². The number of ether oxygens (including phenoxy) is 2. The van der Waals surface area contributed by atoms with Gasteiger partial charge in [-0.25, -0.2) is 0 Å². The maximum Gasteiger partial charge on any atom is 0.255 e. The van der Waals surface area contributed by atoms with Gasteiger partial charge in [0, 0.05) is 11.3 Å². The second kappa shape index (κ2) is 11.7. The summed E-state index contributed by atoms with van der Waals surface area (Å²) in [5, 5.41) is 2.91. The first-order chi connectivity index (χ1) is 14.7. The van der Waals surface area contributed by atoms with Crippen LogP contribution in [0.5, 0.6) is 11.5 Å². The topological polar surface area (TPSA) is 47.6 Å². The van der Waals surface area contributed by atoms with Gasteiger partial charge in [0.15, 0.2) is 0 Å². The van der Waals surface area contributed by atoms with Crippen molar-refractivity contribution in [2.45, 2.75) is 39.2 Å². The molecular formula is C26H29NO3. The minimum absolute atomic E-state index is 0.155. The number of carbonyl (C=O) groups excluding carboxylic acids is 1. The number of hydrogen-bond acceptors (Lipinski definition) is 3. The minimum Gasteiger partial charge on any atom is -0.494 e. The fraction of sp³-hybridized carbons (Fsp3) is 0.269. The van der Waals surface area contributed by atoms with Crippen LogP contribution in [-0.2, 0) is 6.61 Å². The van der Waals surface area contributed by atoms with Gasteiger partial charge in [0.1, 0.15) is 18.1 Å². The van der Waals surface area contributed by atoms with E-state index in [1.165, 1.54) is 19.3 Å². The van der Waals surface area contributed by atoms with Gasteiger partial charge in [-0.05, 0) is 60.5 Å². The molecule has 30 heavy (non-hydrogen) atoms. The van der Waals surface area contributed by atoms with Crippen LogP contribution in [0.4, 0.5) is 5.69 Å². The quantitative estimate of drug-likeness (QED) is 0.373. The molecule has 0 aliphatic carbocycles. The molecule has 4 nitrogen and oxygen atoms in total. The van der Waals surface area contributed by atoms with E-state index in [1.54, 1.807) is 12.1 Å². The monoisotopic (exact) mass is 403 g/mol. The second-order valence-corrected chi connectivity index (χ2v) is 7.19. The zero-order valence-corrected chi connectivity index (χ0v) is 17.5. The molecule has 0 unspecified atom stereocenters. The van der Waals surface area contributed by atoms with E-state index in [0.717, 1.165) is 35.8 Å². The summed E-state index contributed by atoms with van der Waals surface area (Å²) in [5.41, 5.74) is 2.42. The number of anilines is 1. The van der Waals surface area contributed by atoms with Gasteiger partial charge in [-0.3, -0.25) is 4.79 Å². The number of nitrogens with one attached hydrogen (secondary N) is 1. The van der Waals surface area contributed by atoms with Crippen molar-refractivity contribution in [3.05, 3.63) is 90.0 Å². The van der Waals surface area contributed by atoms with Crippen LogP contribution in [0, 0.1) is 0 Å². The standard InChI is InChI=1S/C26H29NO3/c1-2-3-4-8-19-29-24-17-13-23(14-18-24)27-26(28)22-11-15-25(16-12-22)30-20-21-9-6-5-7-10-21/h5-7,9-18H,2-4,8,19-20H2,1H3,(H,27,28). The third-order valence-electron chi connectivity index (χ3n) is 4.74. The molecule has 0 bridgehead atoms. The first kappa shape index (κ1) is 21.4. The van der Waals surface area contributed by atoms with E-state index in [0.29, 0.717) is 12.2 Å². The molecule has 3 aromatic carbocycles. The van der Waals surface area contributed by atoms with E-state index in [4.69, 9.17) is 9.47 Å². The average molecular weight is 404 g/mol. The number of amides is 1. The van der Waals surface area contributed by atoms with Gasteiger partial charge in [-0.15, -0.1) is 0 Å². The number of hydrogen-bond donors (Lipinski definition) is 1. The molecule has 0 saturated carbocycles. The average Bonchev–Trinajstić information content (AvgIpc) is 2.79. The van der Waals surface area contributed by atoms with Gasteiger partial charge in [-0.2, -0.15) is 0 Å². The number of benzene rings is 3. The van der Waals surface area contributed by atoms with Crippen molar-refractivity contribution in [3.8, 4) is 11.5 Å². The van der Waals surface area contributed by atoms with E-state index in [2.05, 4.69) is 12.2 Å². The Bertz CT molecular complexity index is 890. The molecule has 0 aliphatic rings. The lowest BCUT2D eigenvalue weighted by Crippen LogP contribution is -2.11. The highest BCUT2D eigenvalue weighted by molar-refractivity contribution is 6.04. The van der Waals surface area contributed by atoms with Gasteiger partial charge >= 0.3 is 0 Å². The molecule has 3 rings (SSSR count). The number of rotatable bonds is 11. The summed E-state index contributed by atoms with van der Waals surface area (Å²) in [6.07, 6.45) is 4.73. The zero-order valence-electron chi connectivity index (χ0n) is 17.5. The summed E-state index contributed by atoms with van der Waals surface area (Å²) in [4.78, 5) is 12.5. The molecule has 0 heterocycles. The Labute approximate surface area is 178 Å². The van der Waals surface area contributed by atoms with Crippen LogP contribution in [0.15, 0.2) is 78.9 Å². The summed E-state index contributed by atoms with van der Waals surface area (Å²) in [5.74, 6) is 1.40. The van der Waals surface area contributed by atoms with Crippen molar-refractivity contribution < 1.29 is 14.3 Å². The smallest absolute Gasteiger partial charge is 0.255 e. The van der Waals surface area contributed by atoms with Crippen LogP contribution >= 0.6 is 0 Å². The Kier molecular flexibility index (Phi) is 8.34. The highest BCUT2D eigenvalue weighted by Crippen LogP contribution is 2.19. The molecule has 1 N–H and O–H groups in total. The van der Waals surface area contributed by atoms with Gasteiger partial charge in [0.25, 0.3) is 5.91 Å². The molecule has 1 amide bonds. The van der Waals surface area contributed by atoms with Gasteiger partial charge < -0.3 is 14.8 Å². The van der Waals surface area contributed by atoms with E-state index >= 15 is 0 Å². The summed E-state index contributed by atoms with van der Waals surface area (Å²) in [6.45, 7) is 3.42. The number of carbonyl (C=O) groups is 1. The van der Waals surface area contributed by atoms with E-state index < -0.39 is 0 Å². The summed E-state index contributed by atoms with van der Waals surface area (Å²) < 4.78 is 11.5. The molecule has 0 aromatic heterocycles. The van der Waals surface area contributed by atoms with Crippen molar-refractivity contribution in [2.24, 2.45) is 0 Å². The number of unbranched alkanes of at least 4 members (excludes halogenated alkanes) is 3. The Hall–Kier alpha value is -3.27. The van der Waals surface area contributed by atoms with Crippen LogP contribution in [0.25, 0.3) is 0 Å². The molecule has 0 atom stereocenters. The van der Waals surface area contributed by atoms with Gasteiger partial charge in [-0.1, -0.05) is 56.5 Å². The normalized spacial score (nSPS) is 10.4. The molecular weight excluding hydrogens is 374 g/mol. The fourth-order valence-corrected chi connectivity index (χ4v) is 3.00. The Morgan fingerprint density at radius 3 is 2.13 bits per heavy atom. The predicted octanol–water partition coefficient (Wildman–Crippen LogP) is 6.48. The van der Waals surface area contributed by atoms with Crippen molar-refractivity contribution in [1.82, 2.24) is 0 Å². The van der Waals surface area contributed by atoms with E-state index in [1.807, 2.05) is 66.7 Å². The summed E-state index contributed by atoms with van der Waals surface area (Å²) in [6, 6.07) is 24.6. The first-order valence-electron chi connectivity index (χ1n) is 10.6. The van der Waals surface area contributed by atoms with Crippen LogP contribution < -0.4 is 14.8 Å². The lowest BCUT2D eigenvalue weighted by Gasteiger charge is -2.09. The lowest BCUT2D eigenvalue weighted by molar-refractivity contribution is 0.102. The van der Waals surface area contributed by atoms with E-state index in [9.17, 15) is 4.79 Å². The second-order valence-electron chi connectivity index (χ2n) is 7.19. The van der Waals surface area contributed by atoms with Crippen molar-refractivity contribution in [3.63, 3.8) is 0 Å². The van der Waals surface area contributed by atoms with Crippen LogP contribution in [0.2, 0.25) is 0 Å². The molecule has 0 fully saturated rings. The Morgan fingerprint density at radius 2 is 1.43 bits per heavy atom. The minimum atomic E-state index is -0.155. The SMILES string of the molecule is CCCCCCOc1ccc(NC(=O)c2ccc(OCc3ccccc3)cc2)cc1. The fourth-order valence-electron chi connectivity index (χ4n) is 3.00. The third kappa shape index (κ3) is 6.96. The van der Waals surface area contributed by atoms with Crippen molar-refractivity contribution in [2.75, 3.05) is 11.9 Å². The van der Waals surface area contributed by atoms with Gasteiger partial charge in [0.2, 0.25) is 0 Å². The molecule has 156 valence electrons. The van der Waals surface area contributed by atoms with E-state index in [-0.39, 0.29) is 5.91 Å². The highest BCUT2D eigenvalue weighted by atomic mass is 16.5.